The monoisotopic (exact) mass is 396 g/mol. The average molecular weight is 396 g/mol. The lowest BCUT2D eigenvalue weighted by Crippen LogP contribution is -2.35. The second-order valence-electron chi connectivity index (χ2n) is 7.55. The molecule has 2 unspecified atom stereocenters. The zero-order valence-electron chi connectivity index (χ0n) is 16.9. The Kier molecular flexibility index (Phi) is 8.39. The fourth-order valence-electron chi connectivity index (χ4n) is 4.26. The van der Waals surface area contributed by atoms with Crippen molar-refractivity contribution in [2.24, 2.45) is 17.8 Å². The van der Waals surface area contributed by atoms with Crippen LogP contribution in [0.3, 0.4) is 0 Å². The summed E-state index contributed by atoms with van der Waals surface area (Å²) in [6.45, 7) is 5.32. The molecule has 1 aromatic rings. The van der Waals surface area contributed by atoms with Crippen molar-refractivity contribution in [1.29, 1.82) is 0 Å². The topological polar surface area (TPSA) is 52.6 Å². The minimum atomic E-state index is -1.04. The zero-order chi connectivity index (χ0) is 20.7. The van der Waals surface area contributed by atoms with Crippen molar-refractivity contribution in [3.05, 3.63) is 35.4 Å². The molecule has 0 radical (unpaired) electrons. The highest BCUT2D eigenvalue weighted by Crippen LogP contribution is 2.42. The molecule has 1 aliphatic carbocycles. The fourth-order valence-corrected chi connectivity index (χ4v) is 4.26. The predicted molar refractivity (Wildman–Crippen MR) is 101 cm³/mol. The smallest absolute Gasteiger partial charge is 0.313 e. The number of rotatable bonds is 8. The van der Waals surface area contributed by atoms with Crippen molar-refractivity contribution in [3.8, 4) is 0 Å². The van der Waals surface area contributed by atoms with Gasteiger partial charge in [0.2, 0.25) is 0 Å². The van der Waals surface area contributed by atoms with Crippen molar-refractivity contribution in [2.45, 2.75) is 65.4 Å². The van der Waals surface area contributed by atoms with Crippen LogP contribution in [-0.2, 0) is 19.1 Å². The van der Waals surface area contributed by atoms with Crippen molar-refractivity contribution in [2.75, 3.05) is 6.61 Å². The maximum atomic E-state index is 13.8. The number of carbonyl (C=O) groups is 2. The van der Waals surface area contributed by atoms with Crippen LogP contribution >= 0.6 is 0 Å². The van der Waals surface area contributed by atoms with Gasteiger partial charge < -0.3 is 9.47 Å². The van der Waals surface area contributed by atoms with Crippen molar-refractivity contribution in [1.82, 2.24) is 0 Å². The molecule has 1 fully saturated rings. The summed E-state index contributed by atoms with van der Waals surface area (Å²) in [5.74, 6) is -3.21. The third-order valence-electron chi connectivity index (χ3n) is 5.55. The van der Waals surface area contributed by atoms with E-state index >= 15 is 0 Å². The molecule has 2 atom stereocenters. The minimum absolute atomic E-state index is 0.0374. The summed E-state index contributed by atoms with van der Waals surface area (Å²) in [4.78, 5) is 24.6. The molecule has 0 spiro atoms. The Morgan fingerprint density at radius 2 is 1.79 bits per heavy atom. The maximum Gasteiger partial charge on any atom is 0.313 e. The van der Waals surface area contributed by atoms with E-state index in [1.807, 2.05) is 0 Å². The predicted octanol–water partition coefficient (Wildman–Crippen LogP) is 5.35. The summed E-state index contributed by atoms with van der Waals surface area (Å²) < 4.78 is 38.0. The van der Waals surface area contributed by atoms with Crippen molar-refractivity contribution < 1.29 is 27.8 Å². The van der Waals surface area contributed by atoms with Crippen LogP contribution < -0.4 is 0 Å². The van der Waals surface area contributed by atoms with Crippen LogP contribution in [0.15, 0.2) is 18.2 Å². The summed E-state index contributed by atoms with van der Waals surface area (Å²) in [6, 6.07) is 3.35. The van der Waals surface area contributed by atoms with E-state index in [9.17, 15) is 18.4 Å². The highest BCUT2D eigenvalue weighted by atomic mass is 19.2. The lowest BCUT2D eigenvalue weighted by Gasteiger charge is -2.36. The first-order valence-corrected chi connectivity index (χ1v) is 10.2. The van der Waals surface area contributed by atoms with Crippen molar-refractivity contribution >= 4 is 11.9 Å². The molecule has 28 heavy (non-hydrogen) atoms. The van der Waals surface area contributed by atoms with E-state index < -0.39 is 35.6 Å². The van der Waals surface area contributed by atoms with Gasteiger partial charge in [-0.25, -0.2) is 8.78 Å². The Balaban J connectivity index is 2.34. The SMILES string of the molecule is CCCC1CCC(C(C(=O)OCC)C(OC(C)=O)c2ccc(F)c(F)c2)CC1. The number of esters is 2. The molecule has 1 aliphatic rings. The number of hydrogen-bond acceptors (Lipinski definition) is 4. The summed E-state index contributed by atoms with van der Waals surface area (Å²) >= 11 is 0. The van der Waals surface area contributed by atoms with Crippen LogP contribution in [0, 0.1) is 29.4 Å². The minimum Gasteiger partial charge on any atom is -0.466 e. The van der Waals surface area contributed by atoms with E-state index in [0.29, 0.717) is 5.92 Å². The van der Waals surface area contributed by atoms with Gasteiger partial charge in [0.05, 0.1) is 6.61 Å². The number of ether oxygens (including phenoxy) is 2. The first kappa shape index (κ1) is 22.3. The molecule has 6 heteroatoms. The molecule has 156 valence electrons. The maximum absolute atomic E-state index is 13.8. The average Bonchev–Trinajstić information content (AvgIpc) is 2.65. The molecular formula is C22H30F2O4. The third kappa shape index (κ3) is 5.76. The number of carbonyl (C=O) groups excluding carboxylic acids is 2. The molecule has 0 N–H and O–H groups in total. The van der Waals surface area contributed by atoms with Gasteiger partial charge in [-0.2, -0.15) is 0 Å². The Bertz CT molecular complexity index is 669. The summed E-state index contributed by atoms with van der Waals surface area (Å²) in [7, 11) is 0. The van der Waals surface area contributed by atoms with Gasteiger partial charge in [-0.3, -0.25) is 9.59 Å². The molecule has 2 rings (SSSR count). The molecule has 0 amide bonds. The van der Waals surface area contributed by atoms with Crippen LogP contribution in [0.5, 0.6) is 0 Å². The number of benzene rings is 1. The molecule has 1 aromatic carbocycles. The Hall–Kier alpha value is -1.98. The van der Waals surface area contributed by atoms with E-state index in [1.54, 1.807) is 6.92 Å². The Labute approximate surface area is 165 Å². The van der Waals surface area contributed by atoms with Crippen molar-refractivity contribution in [3.63, 3.8) is 0 Å². The Morgan fingerprint density at radius 3 is 2.32 bits per heavy atom. The van der Waals surface area contributed by atoms with E-state index in [1.165, 1.54) is 13.0 Å². The first-order chi connectivity index (χ1) is 13.4. The van der Waals surface area contributed by atoms with Crippen LogP contribution in [-0.4, -0.2) is 18.5 Å². The normalized spacial score (nSPS) is 21.6. The quantitative estimate of drug-likeness (QED) is 0.556. The second kappa shape index (κ2) is 10.5. The highest BCUT2D eigenvalue weighted by molar-refractivity contribution is 5.75. The van der Waals surface area contributed by atoms with Crippen LogP contribution in [0.1, 0.15) is 71.0 Å². The van der Waals surface area contributed by atoms with Gasteiger partial charge in [0.1, 0.15) is 12.0 Å². The van der Waals surface area contributed by atoms with Gasteiger partial charge in [0, 0.05) is 6.92 Å². The third-order valence-corrected chi connectivity index (χ3v) is 5.55. The summed E-state index contributed by atoms with van der Waals surface area (Å²) in [6.07, 6.45) is 4.91. The molecule has 0 saturated heterocycles. The summed E-state index contributed by atoms with van der Waals surface area (Å²) in [5.41, 5.74) is 0.267. The Morgan fingerprint density at radius 1 is 1.11 bits per heavy atom. The van der Waals surface area contributed by atoms with E-state index in [2.05, 4.69) is 6.92 Å². The van der Waals surface area contributed by atoms with Crippen LogP contribution in [0.4, 0.5) is 8.78 Å². The lowest BCUT2D eigenvalue weighted by atomic mass is 9.72. The van der Waals surface area contributed by atoms with E-state index in [-0.39, 0.29) is 18.1 Å². The van der Waals surface area contributed by atoms with Crippen LogP contribution in [0.25, 0.3) is 0 Å². The second-order valence-corrected chi connectivity index (χ2v) is 7.55. The van der Waals surface area contributed by atoms with Gasteiger partial charge in [-0.05, 0) is 49.3 Å². The zero-order valence-corrected chi connectivity index (χ0v) is 16.9. The molecule has 0 aromatic heterocycles. The van der Waals surface area contributed by atoms with Crippen LogP contribution in [0.2, 0.25) is 0 Å². The van der Waals surface area contributed by atoms with E-state index in [4.69, 9.17) is 9.47 Å². The number of halogens is 2. The summed E-state index contributed by atoms with van der Waals surface area (Å²) in [5, 5.41) is 0. The van der Waals surface area contributed by atoms with Gasteiger partial charge in [-0.1, -0.05) is 38.7 Å². The highest BCUT2D eigenvalue weighted by Gasteiger charge is 2.41. The lowest BCUT2D eigenvalue weighted by molar-refractivity contribution is -0.165. The first-order valence-electron chi connectivity index (χ1n) is 10.2. The molecule has 0 heterocycles. The molecule has 0 bridgehead atoms. The largest absolute Gasteiger partial charge is 0.466 e. The van der Waals surface area contributed by atoms with E-state index in [0.717, 1.165) is 50.7 Å². The molecular weight excluding hydrogens is 366 g/mol. The van der Waals surface area contributed by atoms with Gasteiger partial charge in [0.15, 0.2) is 11.6 Å². The fraction of sp³-hybridized carbons (Fsp3) is 0.636. The van der Waals surface area contributed by atoms with Gasteiger partial charge >= 0.3 is 11.9 Å². The molecule has 0 aliphatic heterocycles. The van der Waals surface area contributed by atoms with Gasteiger partial charge in [0.25, 0.3) is 0 Å². The molecule has 4 nitrogen and oxygen atoms in total. The molecule has 1 saturated carbocycles. The van der Waals surface area contributed by atoms with Gasteiger partial charge in [-0.15, -0.1) is 0 Å². The standard InChI is InChI=1S/C22H30F2O4/c1-4-6-15-7-9-16(10-8-15)20(22(26)27-5-2)21(28-14(3)25)17-11-12-18(23)19(24)13-17/h11-13,15-16,20-21H,4-10H2,1-3H3. The number of hydrogen-bond donors (Lipinski definition) is 0.